The molecular weight excluding hydrogens is 266 g/mol. The number of nitrogens with one attached hydrogen (secondary N) is 1. The molecule has 0 aliphatic carbocycles. The summed E-state index contributed by atoms with van der Waals surface area (Å²) >= 11 is 0. The maximum absolute atomic E-state index is 12.5. The number of amides is 1. The van der Waals surface area contributed by atoms with Crippen LogP contribution in [0.2, 0.25) is 0 Å². The molecule has 0 saturated carbocycles. The number of carbonyl (C=O) groups excluding carboxylic acids is 1. The van der Waals surface area contributed by atoms with Crippen LogP contribution >= 0.6 is 0 Å². The quantitative estimate of drug-likeness (QED) is 0.875. The van der Waals surface area contributed by atoms with Crippen molar-refractivity contribution in [2.75, 3.05) is 13.2 Å². The van der Waals surface area contributed by atoms with Gasteiger partial charge >= 0.3 is 0 Å². The minimum Gasteiger partial charge on any atom is -0.396 e. The molecule has 4 unspecified atom stereocenters. The van der Waals surface area contributed by atoms with Crippen molar-refractivity contribution in [2.45, 2.75) is 38.8 Å². The lowest BCUT2D eigenvalue weighted by Crippen LogP contribution is -2.44. The van der Waals surface area contributed by atoms with E-state index in [4.69, 9.17) is 4.74 Å². The fourth-order valence-electron chi connectivity index (χ4n) is 2.65. The molecule has 1 aromatic carbocycles. The smallest absolute Gasteiger partial charge is 0.226 e. The molecule has 0 bridgehead atoms. The van der Waals surface area contributed by atoms with Crippen molar-refractivity contribution in [1.29, 1.82) is 0 Å². The number of rotatable bonds is 5. The molecule has 1 amide bonds. The monoisotopic (exact) mass is 291 g/mol. The van der Waals surface area contributed by atoms with Gasteiger partial charge in [-0.05, 0) is 31.2 Å². The maximum atomic E-state index is 12.5. The molecule has 1 fully saturated rings. The molecule has 0 aromatic heterocycles. The van der Waals surface area contributed by atoms with Crippen molar-refractivity contribution < 1.29 is 14.6 Å². The van der Waals surface area contributed by atoms with Crippen LogP contribution in [-0.4, -0.2) is 30.3 Å². The molecule has 1 saturated heterocycles. The Morgan fingerprint density at radius 2 is 2.10 bits per heavy atom. The Hall–Kier alpha value is -1.39. The van der Waals surface area contributed by atoms with E-state index in [1.165, 1.54) is 0 Å². The van der Waals surface area contributed by atoms with Crippen molar-refractivity contribution in [3.05, 3.63) is 35.9 Å². The van der Waals surface area contributed by atoms with Crippen LogP contribution in [0.15, 0.2) is 30.3 Å². The SMILES string of the molecule is CC(CO)C(C)NC(=O)C1CCCOC1c1ccccc1. The summed E-state index contributed by atoms with van der Waals surface area (Å²) in [5.74, 6) is -0.0838. The summed E-state index contributed by atoms with van der Waals surface area (Å²) < 4.78 is 5.86. The van der Waals surface area contributed by atoms with Gasteiger partial charge in [-0.3, -0.25) is 4.79 Å². The van der Waals surface area contributed by atoms with Crippen molar-refractivity contribution in [3.63, 3.8) is 0 Å². The molecule has 4 heteroatoms. The first-order chi connectivity index (χ1) is 10.1. The van der Waals surface area contributed by atoms with E-state index >= 15 is 0 Å². The topological polar surface area (TPSA) is 58.6 Å². The van der Waals surface area contributed by atoms with Crippen LogP contribution in [0.25, 0.3) is 0 Å². The summed E-state index contributed by atoms with van der Waals surface area (Å²) in [6.07, 6.45) is 1.58. The van der Waals surface area contributed by atoms with Crippen molar-refractivity contribution >= 4 is 5.91 Å². The summed E-state index contributed by atoms with van der Waals surface area (Å²) in [4.78, 5) is 12.5. The van der Waals surface area contributed by atoms with Gasteiger partial charge in [-0.2, -0.15) is 0 Å². The average molecular weight is 291 g/mol. The van der Waals surface area contributed by atoms with Crippen LogP contribution in [0.3, 0.4) is 0 Å². The molecule has 2 rings (SSSR count). The summed E-state index contributed by atoms with van der Waals surface area (Å²) in [6.45, 7) is 4.63. The van der Waals surface area contributed by atoms with Gasteiger partial charge in [0.15, 0.2) is 0 Å². The van der Waals surface area contributed by atoms with Gasteiger partial charge in [-0.25, -0.2) is 0 Å². The summed E-state index contributed by atoms with van der Waals surface area (Å²) in [5.41, 5.74) is 1.06. The second kappa shape index (κ2) is 7.57. The van der Waals surface area contributed by atoms with E-state index in [0.717, 1.165) is 18.4 Å². The Balaban J connectivity index is 2.06. The van der Waals surface area contributed by atoms with Crippen molar-refractivity contribution in [2.24, 2.45) is 11.8 Å². The maximum Gasteiger partial charge on any atom is 0.226 e. The van der Waals surface area contributed by atoms with Gasteiger partial charge in [0.05, 0.1) is 12.0 Å². The van der Waals surface area contributed by atoms with Crippen LogP contribution in [0.1, 0.15) is 38.4 Å². The van der Waals surface area contributed by atoms with Gasteiger partial charge in [0, 0.05) is 19.3 Å². The zero-order valence-electron chi connectivity index (χ0n) is 12.8. The largest absolute Gasteiger partial charge is 0.396 e. The Kier molecular flexibility index (Phi) is 5.76. The lowest BCUT2D eigenvalue weighted by atomic mass is 9.88. The zero-order chi connectivity index (χ0) is 15.2. The van der Waals surface area contributed by atoms with Gasteiger partial charge in [0.1, 0.15) is 0 Å². The van der Waals surface area contributed by atoms with Crippen LogP contribution in [0, 0.1) is 11.8 Å². The first-order valence-electron chi connectivity index (χ1n) is 7.71. The van der Waals surface area contributed by atoms with E-state index in [1.807, 2.05) is 44.2 Å². The Morgan fingerprint density at radius 3 is 2.76 bits per heavy atom. The van der Waals surface area contributed by atoms with E-state index in [9.17, 15) is 9.90 Å². The molecule has 21 heavy (non-hydrogen) atoms. The molecule has 0 radical (unpaired) electrons. The molecule has 0 spiro atoms. The number of hydrogen-bond acceptors (Lipinski definition) is 3. The minimum absolute atomic E-state index is 0.0244. The third-order valence-corrected chi connectivity index (χ3v) is 4.30. The van der Waals surface area contributed by atoms with Crippen LogP contribution < -0.4 is 5.32 Å². The highest BCUT2D eigenvalue weighted by Crippen LogP contribution is 2.33. The van der Waals surface area contributed by atoms with Crippen LogP contribution in [0.4, 0.5) is 0 Å². The Morgan fingerprint density at radius 1 is 1.38 bits per heavy atom. The fraction of sp³-hybridized carbons (Fsp3) is 0.588. The lowest BCUT2D eigenvalue weighted by Gasteiger charge is -2.32. The van der Waals surface area contributed by atoms with E-state index in [1.54, 1.807) is 0 Å². The highest BCUT2D eigenvalue weighted by molar-refractivity contribution is 5.79. The van der Waals surface area contributed by atoms with Crippen LogP contribution in [0.5, 0.6) is 0 Å². The summed E-state index contributed by atoms with van der Waals surface area (Å²) in [7, 11) is 0. The van der Waals surface area contributed by atoms with Gasteiger partial charge in [0.25, 0.3) is 0 Å². The Labute approximate surface area is 126 Å². The zero-order valence-corrected chi connectivity index (χ0v) is 12.8. The number of aliphatic hydroxyl groups excluding tert-OH is 1. The first-order valence-corrected chi connectivity index (χ1v) is 7.71. The van der Waals surface area contributed by atoms with Gasteiger partial charge in [-0.1, -0.05) is 37.3 Å². The third-order valence-electron chi connectivity index (χ3n) is 4.30. The predicted molar refractivity (Wildman–Crippen MR) is 81.7 cm³/mol. The van der Waals surface area contributed by atoms with Crippen molar-refractivity contribution in [1.82, 2.24) is 5.32 Å². The number of hydrogen-bond donors (Lipinski definition) is 2. The standard InChI is InChI=1S/C17H25NO3/c1-12(11-19)13(2)18-17(20)15-9-6-10-21-16(15)14-7-4-3-5-8-14/h3-5,7-8,12-13,15-16,19H,6,9-11H2,1-2H3,(H,18,20). The summed E-state index contributed by atoms with van der Waals surface area (Å²) in [5, 5.41) is 12.2. The normalized spacial score (nSPS) is 25.1. The lowest BCUT2D eigenvalue weighted by molar-refractivity contribution is -0.135. The molecule has 1 aliphatic rings. The molecule has 116 valence electrons. The fourth-order valence-corrected chi connectivity index (χ4v) is 2.65. The van der Waals surface area contributed by atoms with E-state index in [0.29, 0.717) is 6.61 Å². The van der Waals surface area contributed by atoms with Gasteiger partial charge in [0.2, 0.25) is 5.91 Å². The molecule has 4 atom stereocenters. The third kappa shape index (κ3) is 4.05. The molecular formula is C17H25NO3. The second-order valence-electron chi connectivity index (χ2n) is 5.91. The number of aliphatic hydroxyl groups is 1. The number of benzene rings is 1. The average Bonchev–Trinajstić information content (AvgIpc) is 2.54. The molecule has 1 aliphatic heterocycles. The van der Waals surface area contributed by atoms with Crippen molar-refractivity contribution in [3.8, 4) is 0 Å². The number of carbonyl (C=O) groups is 1. The molecule has 1 heterocycles. The predicted octanol–water partition coefficient (Wildman–Crippen LogP) is 2.29. The highest BCUT2D eigenvalue weighted by Gasteiger charge is 2.33. The van der Waals surface area contributed by atoms with Gasteiger partial charge in [-0.15, -0.1) is 0 Å². The van der Waals surface area contributed by atoms with E-state index in [-0.39, 0.29) is 36.5 Å². The van der Waals surface area contributed by atoms with E-state index < -0.39 is 0 Å². The first kappa shape index (κ1) is 16.0. The molecule has 2 N–H and O–H groups in total. The second-order valence-corrected chi connectivity index (χ2v) is 5.91. The molecule has 4 nitrogen and oxygen atoms in total. The van der Waals surface area contributed by atoms with Crippen LogP contribution in [-0.2, 0) is 9.53 Å². The van der Waals surface area contributed by atoms with Gasteiger partial charge < -0.3 is 15.2 Å². The summed E-state index contributed by atoms with van der Waals surface area (Å²) in [6, 6.07) is 9.89. The minimum atomic E-state index is -0.170. The highest BCUT2D eigenvalue weighted by atomic mass is 16.5. The molecule has 1 aromatic rings. The van der Waals surface area contributed by atoms with E-state index in [2.05, 4.69) is 5.32 Å². The Bertz CT molecular complexity index is 449. The number of ether oxygens (including phenoxy) is 1.